The lowest BCUT2D eigenvalue weighted by Crippen LogP contribution is -2.31. The quantitative estimate of drug-likeness (QED) is 0.428. The lowest BCUT2D eigenvalue weighted by Gasteiger charge is -2.22. The lowest BCUT2D eigenvalue weighted by molar-refractivity contribution is -0.123. The van der Waals surface area contributed by atoms with Crippen molar-refractivity contribution in [1.82, 2.24) is 0 Å². The van der Waals surface area contributed by atoms with Crippen molar-refractivity contribution in [3.05, 3.63) is 71.3 Å². The molecule has 1 heterocycles. The normalized spacial score (nSPS) is 21.7. The lowest BCUT2D eigenvalue weighted by atomic mass is 9.78. The Kier molecular flexibility index (Phi) is 6.14. The number of rotatable bonds is 5. The zero-order chi connectivity index (χ0) is 23.7. The molecule has 2 aliphatic rings. The van der Waals surface area contributed by atoms with Crippen LogP contribution in [0.2, 0.25) is 0 Å². The second-order valence-electron chi connectivity index (χ2n) is 8.71. The highest BCUT2D eigenvalue weighted by molar-refractivity contribution is 6.22. The number of aryl methyl sites for hydroxylation is 2. The van der Waals surface area contributed by atoms with E-state index < -0.39 is 18.5 Å². The van der Waals surface area contributed by atoms with Crippen LogP contribution in [0.5, 0.6) is 0 Å². The second kappa shape index (κ2) is 9.02. The van der Waals surface area contributed by atoms with E-state index >= 15 is 0 Å². The van der Waals surface area contributed by atoms with Gasteiger partial charge in [0.25, 0.3) is 5.91 Å². The molecule has 1 saturated heterocycles. The summed E-state index contributed by atoms with van der Waals surface area (Å²) >= 11 is 0. The molecule has 0 saturated carbocycles. The molecule has 33 heavy (non-hydrogen) atoms. The van der Waals surface area contributed by atoms with Gasteiger partial charge in [0.15, 0.2) is 6.61 Å². The summed E-state index contributed by atoms with van der Waals surface area (Å²) in [4.78, 5) is 51.4. The van der Waals surface area contributed by atoms with Gasteiger partial charge in [-0.2, -0.15) is 0 Å². The van der Waals surface area contributed by atoms with E-state index in [1.54, 1.807) is 12.1 Å². The van der Waals surface area contributed by atoms with Crippen LogP contribution in [-0.4, -0.2) is 30.3 Å². The largest absolute Gasteiger partial charge is 0.452 e. The number of allylic oxidation sites excluding steroid dienone is 2. The number of nitrogens with one attached hydrogen (secondary N) is 1. The van der Waals surface area contributed by atoms with Crippen LogP contribution in [0, 0.1) is 31.6 Å². The van der Waals surface area contributed by atoms with E-state index in [4.69, 9.17) is 4.74 Å². The molecule has 1 aliphatic heterocycles. The van der Waals surface area contributed by atoms with Gasteiger partial charge in [0.2, 0.25) is 11.8 Å². The Morgan fingerprint density at radius 3 is 2.33 bits per heavy atom. The maximum atomic E-state index is 12.9. The van der Waals surface area contributed by atoms with Gasteiger partial charge in [0, 0.05) is 5.69 Å². The molecular formula is C26H26N2O5. The fourth-order valence-electron chi connectivity index (χ4n) is 4.61. The van der Waals surface area contributed by atoms with Crippen molar-refractivity contribution in [3.8, 4) is 0 Å². The number of hydrogen-bond donors (Lipinski definition) is 1. The summed E-state index contributed by atoms with van der Waals surface area (Å²) in [7, 11) is 0. The third-order valence-corrected chi connectivity index (χ3v) is 6.07. The number of fused-ring (bicyclic) bond motifs is 1. The van der Waals surface area contributed by atoms with Crippen molar-refractivity contribution in [2.75, 3.05) is 16.8 Å². The zero-order valence-electron chi connectivity index (χ0n) is 18.8. The predicted molar refractivity (Wildman–Crippen MR) is 124 cm³/mol. The van der Waals surface area contributed by atoms with Crippen LogP contribution in [0.15, 0.2) is 54.6 Å². The van der Waals surface area contributed by atoms with Crippen molar-refractivity contribution in [2.24, 2.45) is 17.8 Å². The van der Waals surface area contributed by atoms with Crippen LogP contribution >= 0.6 is 0 Å². The minimum Gasteiger partial charge on any atom is -0.452 e. The Morgan fingerprint density at radius 1 is 1.03 bits per heavy atom. The first kappa shape index (κ1) is 22.5. The van der Waals surface area contributed by atoms with Crippen LogP contribution in [0.3, 0.4) is 0 Å². The highest BCUT2D eigenvalue weighted by Gasteiger charge is 2.50. The van der Waals surface area contributed by atoms with Gasteiger partial charge < -0.3 is 10.1 Å². The zero-order valence-corrected chi connectivity index (χ0v) is 18.8. The number of anilines is 2. The molecule has 0 spiro atoms. The minimum atomic E-state index is -0.664. The van der Waals surface area contributed by atoms with Crippen LogP contribution in [-0.2, 0) is 19.1 Å². The van der Waals surface area contributed by atoms with Gasteiger partial charge in [-0.25, -0.2) is 4.79 Å². The first-order valence-corrected chi connectivity index (χ1v) is 10.9. The summed E-state index contributed by atoms with van der Waals surface area (Å²) in [6, 6.07) is 11.7. The predicted octanol–water partition coefficient (Wildman–Crippen LogP) is 3.80. The third kappa shape index (κ3) is 4.58. The van der Waals surface area contributed by atoms with Gasteiger partial charge in [0.05, 0.1) is 23.1 Å². The van der Waals surface area contributed by atoms with Gasteiger partial charge in [0.1, 0.15) is 0 Å². The van der Waals surface area contributed by atoms with Crippen LogP contribution < -0.4 is 10.2 Å². The topological polar surface area (TPSA) is 92.8 Å². The average Bonchev–Trinajstić information content (AvgIpc) is 3.02. The fourth-order valence-corrected chi connectivity index (χ4v) is 4.61. The van der Waals surface area contributed by atoms with E-state index in [0.717, 1.165) is 11.1 Å². The number of imide groups is 1. The van der Waals surface area contributed by atoms with Crippen molar-refractivity contribution in [2.45, 2.75) is 27.2 Å². The molecule has 1 N–H and O–H groups in total. The molecule has 170 valence electrons. The average molecular weight is 447 g/mol. The Hall–Kier alpha value is -3.74. The number of benzene rings is 2. The maximum Gasteiger partial charge on any atom is 0.338 e. The number of carbonyl (C=O) groups excluding carboxylic acids is 4. The maximum absolute atomic E-state index is 12.9. The highest BCUT2D eigenvalue weighted by atomic mass is 16.5. The van der Waals surface area contributed by atoms with Gasteiger partial charge in [-0.05, 0) is 73.7 Å². The smallest absolute Gasteiger partial charge is 0.338 e. The number of carbonyl (C=O) groups is 4. The summed E-state index contributed by atoms with van der Waals surface area (Å²) in [5.74, 6) is -2.19. The van der Waals surface area contributed by atoms with Crippen LogP contribution in [0.1, 0.15) is 34.8 Å². The molecule has 2 aromatic rings. The Balaban J connectivity index is 1.37. The standard InChI is InChI=1S/C26H26N2O5/c1-15-11-16(2)13-19(12-15)27-22(29)14-33-26(32)18-7-9-20(10-8-18)28-24(30)21-6-4-5-17(3)23(21)25(28)31/h4-5,7-13,17,21,23H,6,14H2,1-3H3,(H,27,29)/t17-,21+,23+/m0/s1. The van der Waals surface area contributed by atoms with Crippen LogP contribution in [0.25, 0.3) is 0 Å². The van der Waals surface area contributed by atoms with E-state index in [2.05, 4.69) is 5.32 Å². The second-order valence-corrected chi connectivity index (χ2v) is 8.71. The van der Waals surface area contributed by atoms with Gasteiger partial charge in [-0.1, -0.05) is 25.1 Å². The summed E-state index contributed by atoms with van der Waals surface area (Å²) in [6.07, 6.45) is 4.49. The van der Waals surface area contributed by atoms with Crippen molar-refractivity contribution >= 4 is 35.1 Å². The van der Waals surface area contributed by atoms with E-state index in [-0.39, 0.29) is 35.1 Å². The Morgan fingerprint density at radius 2 is 1.70 bits per heavy atom. The molecule has 3 amide bonds. The van der Waals surface area contributed by atoms with Crippen LogP contribution in [0.4, 0.5) is 11.4 Å². The summed E-state index contributed by atoms with van der Waals surface area (Å²) in [6.45, 7) is 5.38. The van der Waals surface area contributed by atoms with Crippen molar-refractivity contribution < 1.29 is 23.9 Å². The van der Waals surface area contributed by atoms with Crippen molar-refractivity contribution in [1.29, 1.82) is 0 Å². The molecular weight excluding hydrogens is 420 g/mol. The summed E-state index contributed by atoms with van der Waals surface area (Å²) < 4.78 is 5.11. The molecule has 1 aliphatic carbocycles. The molecule has 7 heteroatoms. The van der Waals surface area contributed by atoms with Crippen molar-refractivity contribution in [3.63, 3.8) is 0 Å². The molecule has 0 unspecified atom stereocenters. The Labute approximate surface area is 192 Å². The minimum absolute atomic E-state index is 0.00862. The number of ether oxygens (including phenoxy) is 1. The third-order valence-electron chi connectivity index (χ3n) is 6.07. The van der Waals surface area contributed by atoms with E-state index in [9.17, 15) is 19.2 Å². The van der Waals surface area contributed by atoms with Gasteiger partial charge >= 0.3 is 5.97 Å². The number of hydrogen-bond acceptors (Lipinski definition) is 5. The van der Waals surface area contributed by atoms with E-state index in [0.29, 0.717) is 17.8 Å². The first-order chi connectivity index (χ1) is 15.7. The number of esters is 1. The monoisotopic (exact) mass is 446 g/mol. The molecule has 2 aromatic carbocycles. The van der Waals surface area contributed by atoms with Gasteiger partial charge in [-0.15, -0.1) is 0 Å². The molecule has 0 aromatic heterocycles. The summed E-state index contributed by atoms with van der Waals surface area (Å²) in [5.41, 5.74) is 3.33. The first-order valence-electron chi connectivity index (χ1n) is 10.9. The Bertz CT molecular complexity index is 1130. The summed E-state index contributed by atoms with van der Waals surface area (Å²) in [5, 5.41) is 2.71. The molecule has 1 fully saturated rings. The van der Waals surface area contributed by atoms with E-state index in [1.165, 1.54) is 17.0 Å². The SMILES string of the molecule is Cc1cc(C)cc(NC(=O)COC(=O)c2ccc(N3C(=O)[C@@H]4[C@@H](C)C=CC[C@H]4C3=O)cc2)c1. The molecule has 0 radical (unpaired) electrons. The molecule has 3 atom stereocenters. The molecule has 7 nitrogen and oxygen atoms in total. The van der Waals surface area contributed by atoms with E-state index in [1.807, 2.05) is 51.1 Å². The fraction of sp³-hybridized carbons (Fsp3) is 0.308. The molecule has 4 rings (SSSR count). The molecule has 0 bridgehead atoms. The number of nitrogens with zero attached hydrogens (tertiary/aromatic N) is 1. The van der Waals surface area contributed by atoms with Gasteiger partial charge in [-0.3, -0.25) is 19.3 Å². The number of amides is 3. The highest BCUT2D eigenvalue weighted by Crippen LogP contribution is 2.40.